The minimum absolute atomic E-state index is 0.0611. The fourth-order valence-electron chi connectivity index (χ4n) is 1.41. The topological polar surface area (TPSA) is 55.1 Å². The Morgan fingerprint density at radius 3 is 2.67 bits per heavy atom. The van der Waals surface area contributed by atoms with Gasteiger partial charge in [-0.2, -0.15) is 0 Å². The maximum Gasteiger partial charge on any atom is 0.220 e. The van der Waals surface area contributed by atoms with Crippen LogP contribution in [0.4, 0.5) is 0 Å². The summed E-state index contributed by atoms with van der Waals surface area (Å²) in [5, 5.41) is 2.72. The molecule has 0 fully saturated rings. The second kappa shape index (κ2) is 5.32. The largest absolute Gasteiger partial charge is 0.330 e. The number of hydrogen-bond acceptors (Lipinski definition) is 2. The zero-order valence-electron chi connectivity index (χ0n) is 9.08. The fourth-order valence-corrected chi connectivity index (χ4v) is 1.41. The summed E-state index contributed by atoms with van der Waals surface area (Å²) in [6.07, 6.45) is 1.92. The van der Waals surface area contributed by atoms with Crippen LogP contribution in [0.2, 0.25) is 0 Å². The first kappa shape index (κ1) is 11.5. The summed E-state index contributed by atoms with van der Waals surface area (Å²) in [6.45, 7) is 3.85. The SMILES string of the molecule is CC(=O)N/C(C)=C/c1ccccc1CN. The lowest BCUT2D eigenvalue weighted by Gasteiger charge is -2.05. The fraction of sp³-hybridized carbons (Fsp3) is 0.250. The van der Waals surface area contributed by atoms with Crippen molar-refractivity contribution in [3.63, 3.8) is 0 Å². The molecule has 1 aromatic rings. The highest BCUT2D eigenvalue weighted by Crippen LogP contribution is 2.11. The molecule has 0 unspecified atom stereocenters. The van der Waals surface area contributed by atoms with Gasteiger partial charge in [0, 0.05) is 19.2 Å². The summed E-state index contributed by atoms with van der Waals surface area (Å²) in [5.41, 5.74) is 8.55. The van der Waals surface area contributed by atoms with Crippen molar-refractivity contribution in [2.45, 2.75) is 20.4 Å². The van der Waals surface area contributed by atoms with Crippen molar-refractivity contribution in [1.29, 1.82) is 0 Å². The van der Waals surface area contributed by atoms with Crippen molar-refractivity contribution in [3.8, 4) is 0 Å². The van der Waals surface area contributed by atoms with E-state index in [9.17, 15) is 4.79 Å². The Labute approximate surface area is 90.0 Å². The first-order valence-electron chi connectivity index (χ1n) is 4.87. The number of amides is 1. The molecule has 0 aliphatic heterocycles. The number of hydrogen-bond donors (Lipinski definition) is 2. The Kier molecular flexibility index (Phi) is 4.06. The van der Waals surface area contributed by atoms with Crippen LogP contribution in [0.15, 0.2) is 30.0 Å². The van der Waals surface area contributed by atoms with Crippen LogP contribution in [0.5, 0.6) is 0 Å². The predicted molar refractivity (Wildman–Crippen MR) is 61.8 cm³/mol. The molecule has 0 spiro atoms. The summed E-state index contributed by atoms with van der Waals surface area (Å²) < 4.78 is 0. The Bertz CT molecular complexity index is 383. The van der Waals surface area contributed by atoms with Crippen molar-refractivity contribution >= 4 is 12.0 Å². The number of benzene rings is 1. The molecular weight excluding hydrogens is 188 g/mol. The van der Waals surface area contributed by atoms with Crippen molar-refractivity contribution < 1.29 is 4.79 Å². The van der Waals surface area contributed by atoms with E-state index in [1.54, 1.807) is 0 Å². The van der Waals surface area contributed by atoms with Crippen LogP contribution in [0.3, 0.4) is 0 Å². The third kappa shape index (κ3) is 3.56. The quantitative estimate of drug-likeness (QED) is 0.786. The van der Waals surface area contributed by atoms with Gasteiger partial charge in [-0.05, 0) is 24.1 Å². The van der Waals surface area contributed by atoms with E-state index in [-0.39, 0.29) is 5.91 Å². The highest BCUT2D eigenvalue weighted by molar-refractivity contribution is 5.76. The summed E-state index contributed by atoms with van der Waals surface area (Å²) in [7, 11) is 0. The second-order valence-corrected chi connectivity index (χ2v) is 3.41. The van der Waals surface area contributed by atoms with Gasteiger partial charge in [0.05, 0.1) is 0 Å². The van der Waals surface area contributed by atoms with Crippen molar-refractivity contribution in [1.82, 2.24) is 5.32 Å². The lowest BCUT2D eigenvalue weighted by Crippen LogP contribution is -2.16. The van der Waals surface area contributed by atoms with Gasteiger partial charge in [-0.15, -0.1) is 0 Å². The molecule has 0 radical (unpaired) electrons. The Balaban J connectivity index is 2.91. The molecule has 3 N–H and O–H groups in total. The van der Waals surface area contributed by atoms with Gasteiger partial charge >= 0.3 is 0 Å². The van der Waals surface area contributed by atoms with E-state index in [2.05, 4.69) is 5.32 Å². The highest BCUT2D eigenvalue weighted by Gasteiger charge is 1.98. The van der Waals surface area contributed by atoms with Gasteiger partial charge in [-0.25, -0.2) is 0 Å². The molecule has 1 rings (SSSR count). The van der Waals surface area contributed by atoms with Gasteiger partial charge in [0.25, 0.3) is 0 Å². The third-order valence-corrected chi connectivity index (χ3v) is 2.02. The number of nitrogens with two attached hydrogens (primary N) is 1. The van der Waals surface area contributed by atoms with Crippen molar-refractivity contribution in [3.05, 3.63) is 41.1 Å². The van der Waals surface area contributed by atoms with Crippen LogP contribution in [0.1, 0.15) is 25.0 Å². The van der Waals surface area contributed by atoms with Crippen LogP contribution >= 0.6 is 0 Å². The Morgan fingerprint density at radius 2 is 2.07 bits per heavy atom. The minimum atomic E-state index is -0.0611. The first-order chi connectivity index (χ1) is 7.13. The molecular formula is C12H16N2O. The normalized spacial score (nSPS) is 11.3. The summed E-state index contributed by atoms with van der Waals surface area (Å²) in [5.74, 6) is -0.0611. The smallest absolute Gasteiger partial charge is 0.220 e. The van der Waals surface area contributed by atoms with E-state index in [0.717, 1.165) is 16.8 Å². The van der Waals surface area contributed by atoms with Crippen LogP contribution in [0, 0.1) is 0 Å². The second-order valence-electron chi connectivity index (χ2n) is 3.41. The van der Waals surface area contributed by atoms with Gasteiger partial charge < -0.3 is 11.1 Å². The first-order valence-corrected chi connectivity index (χ1v) is 4.87. The minimum Gasteiger partial charge on any atom is -0.330 e. The van der Waals surface area contributed by atoms with Crippen LogP contribution < -0.4 is 11.1 Å². The van der Waals surface area contributed by atoms with Gasteiger partial charge in [0.2, 0.25) is 5.91 Å². The molecule has 80 valence electrons. The molecule has 0 saturated heterocycles. The van der Waals surface area contributed by atoms with E-state index in [4.69, 9.17) is 5.73 Å². The van der Waals surface area contributed by atoms with Gasteiger partial charge in [0.15, 0.2) is 0 Å². The summed E-state index contributed by atoms with van der Waals surface area (Å²) in [4.78, 5) is 10.8. The van der Waals surface area contributed by atoms with E-state index in [1.165, 1.54) is 6.92 Å². The maximum atomic E-state index is 10.8. The molecule has 0 aliphatic rings. The molecule has 0 heterocycles. The highest BCUT2D eigenvalue weighted by atomic mass is 16.1. The third-order valence-electron chi connectivity index (χ3n) is 2.02. The van der Waals surface area contributed by atoms with E-state index in [1.807, 2.05) is 37.3 Å². The molecule has 0 aliphatic carbocycles. The lowest BCUT2D eigenvalue weighted by molar-refractivity contribution is -0.118. The molecule has 1 amide bonds. The van der Waals surface area contributed by atoms with Crippen molar-refractivity contribution in [2.75, 3.05) is 0 Å². The molecule has 0 aromatic heterocycles. The molecule has 0 saturated carbocycles. The zero-order chi connectivity index (χ0) is 11.3. The monoisotopic (exact) mass is 204 g/mol. The van der Waals surface area contributed by atoms with Gasteiger partial charge in [-0.3, -0.25) is 4.79 Å². The Morgan fingerprint density at radius 1 is 1.40 bits per heavy atom. The van der Waals surface area contributed by atoms with Crippen LogP contribution in [-0.4, -0.2) is 5.91 Å². The lowest BCUT2D eigenvalue weighted by atomic mass is 10.1. The van der Waals surface area contributed by atoms with E-state index >= 15 is 0 Å². The van der Waals surface area contributed by atoms with Crippen LogP contribution in [0.25, 0.3) is 6.08 Å². The maximum absolute atomic E-state index is 10.8. The number of rotatable bonds is 3. The number of carbonyl (C=O) groups excluding carboxylic acids is 1. The summed E-state index contributed by atoms with van der Waals surface area (Å²) >= 11 is 0. The standard InChI is InChI=1S/C12H16N2O/c1-9(14-10(2)15)7-11-5-3-4-6-12(11)8-13/h3-7H,8,13H2,1-2H3,(H,14,15)/b9-7+. The molecule has 0 atom stereocenters. The molecule has 3 heteroatoms. The Hall–Kier alpha value is -1.61. The van der Waals surface area contributed by atoms with Gasteiger partial charge in [-0.1, -0.05) is 24.3 Å². The predicted octanol–water partition coefficient (Wildman–Crippen LogP) is 1.64. The number of nitrogens with one attached hydrogen (secondary N) is 1. The zero-order valence-corrected chi connectivity index (χ0v) is 9.08. The molecule has 0 bridgehead atoms. The van der Waals surface area contributed by atoms with E-state index < -0.39 is 0 Å². The molecule has 1 aromatic carbocycles. The average Bonchev–Trinajstić information content (AvgIpc) is 2.17. The van der Waals surface area contributed by atoms with Gasteiger partial charge in [0.1, 0.15) is 0 Å². The number of allylic oxidation sites excluding steroid dienone is 1. The molecule has 3 nitrogen and oxygen atoms in total. The molecule has 15 heavy (non-hydrogen) atoms. The average molecular weight is 204 g/mol. The summed E-state index contributed by atoms with van der Waals surface area (Å²) in [6, 6.07) is 7.86. The van der Waals surface area contributed by atoms with Crippen LogP contribution in [-0.2, 0) is 11.3 Å². The van der Waals surface area contributed by atoms with Crippen molar-refractivity contribution in [2.24, 2.45) is 5.73 Å². The number of carbonyl (C=O) groups is 1. The van der Waals surface area contributed by atoms with E-state index in [0.29, 0.717) is 6.54 Å².